The van der Waals surface area contributed by atoms with E-state index in [-0.39, 0.29) is 0 Å². The number of pyridine rings is 1. The molecule has 0 aliphatic heterocycles. The molecular weight excluding hydrogens is 266 g/mol. The van der Waals surface area contributed by atoms with E-state index < -0.39 is 0 Å². The van der Waals surface area contributed by atoms with E-state index in [2.05, 4.69) is 49.0 Å². The molecular formula is C21H38N+. The van der Waals surface area contributed by atoms with Crippen LogP contribution >= 0.6 is 0 Å². The van der Waals surface area contributed by atoms with Crippen LogP contribution in [0.2, 0.25) is 0 Å². The topological polar surface area (TPSA) is 3.88 Å². The first-order valence-electron chi connectivity index (χ1n) is 9.84. The molecule has 1 aromatic heterocycles. The zero-order chi connectivity index (χ0) is 15.9. The lowest BCUT2D eigenvalue weighted by Crippen LogP contribution is -2.38. The number of hydrogen-bond acceptors (Lipinski definition) is 0. The van der Waals surface area contributed by atoms with E-state index >= 15 is 0 Å². The third-order valence-electron chi connectivity index (χ3n) is 4.69. The van der Waals surface area contributed by atoms with Crippen LogP contribution in [0.3, 0.4) is 0 Å². The van der Waals surface area contributed by atoms with Crippen LogP contribution in [0, 0.1) is 0 Å². The molecule has 1 unspecified atom stereocenters. The van der Waals surface area contributed by atoms with Gasteiger partial charge in [0.15, 0.2) is 18.4 Å². The summed E-state index contributed by atoms with van der Waals surface area (Å²) >= 11 is 0. The van der Waals surface area contributed by atoms with Crippen LogP contribution in [-0.2, 0) is 0 Å². The van der Waals surface area contributed by atoms with Crippen molar-refractivity contribution in [2.24, 2.45) is 0 Å². The van der Waals surface area contributed by atoms with Gasteiger partial charge < -0.3 is 0 Å². The minimum Gasteiger partial charge on any atom is -0.202 e. The Bertz CT molecular complexity index is 333. The lowest BCUT2D eigenvalue weighted by Gasteiger charge is -2.12. The Balaban J connectivity index is 2.26. The highest BCUT2D eigenvalue weighted by Crippen LogP contribution is 2.19. The monoisotopic (exact) mass is 304 g/mol. The molecule has 22 heavy (non-hydrogen) atoms. The van der Waals surface area contributed by atoms with Crippen LogP contribution in [0.4, 0.5) is 0 Å². The molecule has 1 atom stereocenters. The third-order valence-corrected chi connectivity index (χ3v) is 4.69. The Morgan fingerprint density at radius 3 is 1.59 bits per heavy atom. The summed E-state index contributed by atoms with van der Waals surface area (Å²) in [6.45, 7) is 4.59. The molecule has 0 bridgehead atoms. The zero-order valence-electron chi connectivity index (χ0n) is 15.1. The second-order valence-corrected chi connectivity index (χ2v) is 6.74. The summed E-state index contributed by atoms with van der Waals surface area (Å²) in [6.07, 6.45) is 22.6. The molecule has 1 aromatic rings. The summed E-state index contributed by atoms with van der Waals surface area (Å²) < 4.78 is 2.45. The second-order valence-electron chi connectivity index (χ2n) is 6.74. The summed E-state index contributed by atoms with van der Waals surface area (Å²) in [6, 6.07) is 7.18. The van der Waals surface area contributed by atoms with Gasteiger partial charge in [0, 0.05) is 25.0 Å². The molecule has 1 rings (SSSR count). The Hall–Kier alpha value is -0.850. The van der Waals surface area contributed by atoms with Gasteiger partial charge in [0.2, 0.25) is 0 Å². The largest absolute Gasteiger partial charge is 0.202 e. The van der Waals surface area contributed by atoms with Crippen molar-refractivity contribution < 1.29 is 4.57 Å². The first-order chi connectivity index (χ1) is 10.9. The van der Waals surface area contributed by atoms with Crippen LogP contribution < -0.4 is 4.57 Å². The van der Waals surface area contributed by atoms with E-state index in [0.717, 1.165) is 0 Å². The zero-order valence-corrected chi connectivity index (χ0v) is 15.1. The molecule has 0 saturated carbocycles. The Kier molecular flexibility index (Phi) is 12.0. The number of rotatable bonds is 14. The predicted octanol–water partition coefficient (Wildman–Crippen LogP) is 6.63. The summed E-state index contributed by atoms with van der Waals surface area (Å²) in [5.74, 6) is 0. The van der Waals surface area contributed by atoms with E-state index in [1.165, 1.54) is 83.5 Å². The minimum absolute atomic E-state index is 0.716. The van der Waals surface area contributed by atoms with E-state index in [1.807, 2.05) is 0 Å². The maximum atomic E-state index is 2.45. The average molecular weight is 305 g/mol. The van der Waals surface area contributed by atoms with Crippen molar-refractivity contribution in [3.8, 4) is 0 Å². The molecule has 0 saturated heterocycles. The van der Waals surface area contributed by atoms with Crippen LogP contribution in [0.5, 0.6) is 0 Å². The lowest BCUT2D eigenvalue weighted by atomic mass is 10.00. The molecule has 0 spiro atoms. The fraction of sp³-hybridized carbons (Fsp3) is 0.762. The number of aromatic nitrogens is 1. The molecule has 0 radical (unpaired) electrons. The maximum absolute atomic E-state index is 2.45. The fourth-order valence-electron chi connectivity index (χ4n) is 3.24. The van der Waals surface area contributed by atoms with Crippen molar-refractivity contribution in [3.63, 3.8) is 0 Å². The molecule has 0 aliphatic rings. The smallest absolute Gasteiger partial charge is 0.169 e. The SMILES string of the molecule is CCCCCCCCCC(CCCCCC)[n+]1ccccc1. The number of nitrogens with zero attached hydrogens (tertiary/aromatic N) is 1. The summed E-state index contributed by atoms with van der Waals surface area (Å²) in [5.41, 5.74) is 0. The molecule has 126 valence electrons. The van der Waals surface area contributed by atoms with Crippen LogP contribution in [-0.4, -0.2) is 0 Å². The summed E-state index contributed by atoms with van der Waals surface area (Å²) in [7, 11) is 0. The fourth-order valence-corrected chi connectivity index (χ4v) is 3.24. The molecule has 0 fully saturated rings. The molecule has 0 amide bonds. The quantitative estimate of drug-likeness (QED) is 0.268. The van der Waals surface area contributed by atoms with Crippen molar-refractivity contribution in [2.75, 3.05) is 0 Å². The van der Waals surface area contributed by atoms with Crippen molar-refractivity contribution in [1.29, 1.82) is 0 Å². The number of hydrogen-bond donors (Lipinski definition) is 0. The van der Waals surface area contributed by atoms with E-state index in [1.54, 1.807) is 0 Å². The van der Waals surface area contributed by atoms with Crippen molar-refractivity contribution in [3.05, 3.63) is 30.6 Å². The summed E-state index contributed by atoms with van der Waals surface area (Å²) in [4.78, 5) is 0. The van der Waals surface area contributed by atoms with Gasteiger partial charge in [-0.3, -0.25) is 0 Å². The van der Waals surface area contributed by atoms with E-state index in [9.17, 15) is 0 Å². The Labute approximate surface area is 139 Å². The van der Waals surface area contributed by atoms with Gasteiger partial charge in [0.1, 0.15) is 0 Å². The first-order valence-corrected chi connectivity index (χ1v) is 9.84. The predicted molar refractivity (Wildman–Crippen MR) is 97.0 cm³/mol. The standard InChI is InChI=1S/C21H38N/c1-3-5-7-9-10-11-14-18-21(17-13-8-6-4-2)22-19-15-12-16-20-22/h12,15-16,19-21H,3-11,13-14,17-18H2,1-2H3/q+1. The molecule has 0 aromatic carbocycles. The van der Waals surface area contributed by atoms with Crippen molar-refractivity contribution in [1.82, 2.24) is 0 Å². The van der Waals surface area contributed by atoms with Crippen LogP contribution in [0.25, 0.3) is 0 Å². The molecule has 0 aliphatic carbocycles. The van der Waals surface area contributed by atoms with Crippen molar-refractivity contribution >= 4 is 0 Å². The first kappa shape index (κ1) is 19.2. The molecule has 0 N–H and O–H groups in total. The highest BCUT2D eigenvalue weighted by atomic mass is 15.0. The van der Waals surface area contributed by atoms with Crippen molar-refractivity contribution in [2.45, 2.75) is 103 Å². The van der Waals surface area contributed by atoms with Gasteiger partial charge >= 0.3 is 0 Å². The average Bonchev–Trinajstić information content (AvgIpc) is 2.56. The van der Waals surface area contributed by atoms with Gasteiger partial charge in [-0.1, -0.05) is 77.7 Å². The van der Waals surface area contributed by atoms with Gasteiger partial charge in [0.25, 0.3) is 0 Å². The molecule has 1 heteroatoms. The third kappa shape index (κ3) is 9.23. The number of unbranched alkanes of at least 4 members (excludes halogenated alkanes) is 9. The Morgan fingerprint density at radius 1 is 0.591 bits per heavy atom. The van der Waals surface area contributed by atoms with Crippen LogP contribution in [0.15, 0.2) is 30.6 Å². The summed E-state index contributed by atoms with van der Waals surface area (Å²) in [5, 5.41) is 0. The van der Waals surface area contributed by atoms with Crippen LogP contribution in [0.1, 0.15) is 103 Å². The van der Waals surface area contributed by atoms with Gasteiger partial charge in [-0.25, -0.2) is 4.57 Å². The highest BCUT2D eigenvalue weighted by Gasteiger charge is 2.16. The van der Waals surface area contributed by atoms with Gasteiger partial charge in [0.05, 0.1) is 0 Å². The second kappa shape index (κ2) is 13.8. The highest BCUT2D eigenvalue weighted by molar-refractivity contribution is 4.84. The Morgan fingerprint density at radius 2 is 1.05 bits per heavy atom. The van der Waals surface area contributed by atoms with E-state index in [4.69, 9.17) is 0 Å². The normalized spacial score (nSPS) is 12.5. The molecule has 1 heterocycles. The maximum Gasteiger partial charge on any atom is 0.169 e. The minimum atomic E-state index is 0.716. The molecule has 1 nitrogen and oxygen atoms in total. The van der Waals surface area contributed by atoms with E-state index in [0.29, 0.717) is 6.04 Å². The van der Waals surface area contributed by atoms with Gasteiger partial charge in [-0.2, -0.15) is 0 Å². The van der Waals surface area contributed by atoms with Gasteiger partial charge in [-0.05, 0) is 12.8 Å². The van der Waals surface area contributed by atoms with Gasteiger partial charge in [-0.15, -0.1) is 0 Å². The lowest BCUT2D eigenvalue weighted by molar-refractivity contribution is -0.724.